The van der Waals surface area contributed by atoms with Gasteiger partial charge in [0, 0.05) is 24.8 Å². The van der Waals surface area contributed by atoms with Crippen LogP contribution in [0.5, 0.6) is 0 Å². The van der Waals surface area contributed by atoms with Gasteiger partial charge in [0.2, 0.25) is 0 Å². The summed E-state index contributed by atoms with van der Waals surface area (Å²) in [6, 6.07) is 1.09. The van der Waals surface area contributed by atoms with E-state index in [1.165, 1.54) is 12.1 Å². The molecule has 1 aliphatic rings. The molecular formula is C14H26N4. The highest BCUT2D eigenvalue weighted by atomic mass is 15.2. The van der Waals surface area contributed by atoms with Gasteiger partial charge in [0.05, 0.1) is 18.1 Å². The van der Waals surface area contributed by atoms with E-state index in [9.17, 15) is 0 Å². The number of likely N-dealkylation sites (tertiary alicyclic amines) is 1. The van der Waals surface area contributed by atoms with E-state index in [1.54, 1.807) is 0 Å². The first-order valence-electron chi connectivity index (χ1n) is 7.16. The Bertz CT molecular complexity index is 372. The molecule has 0 spiro atoms. The molecule has 2 unspecified atom stereocenters. The number of rotatable bonds is 4. The van der Waals surface area contributed by atoms with Crippen molar-refractivity contribution in [3.8, 4) is 0 Å². The SMILES string of the molecule is CCCn1cncc1C1C(N)CCCN1C(C)C. The lowest BCUT2D eigenvalue weighted by atomic mass is 9.93. The minimum absolute atomic E-state index is 0.230. The summed E-state index contributed by atoms with van der Waals surface area (Å²) in [5.41, 5.74) is 7.67. The monoisotopic (exact) mass is 250 g/mol. The molecule has 1 aromatic heterocycles. The highest BCUT2D eigenvalue weighted by Crippen LogP contribution is 2.31. The van der Waals surface area contributed by atoms with Crippen molar-refractivity contribution in [2.75, 3.05) is 6.54 Å². The fourth-order valence-corrected chi connectivity index (χ4v) is 3.03. The fraction of sp³-hybridized carbons (Fsp3) is 0.786. The van der Waals surface area contributed by atoms with Gasteiger partial charge in [-0.05, 0) is 39.7 Å². The number of aromatic nitrogens is 2. The minimum atomic E-state index is 0.230. The number of nitrogens with zero attached hydrogens (tertiary/aromatic N) is 3. The van der Waals surface area contributed by atoms with E-state index in [0.29, 0.717) is 12.1 Å². The molecule has 1 aromatic rings. The molecule has 1 saturated heterocycles. The molecule has 2 rings (SSSR count). The lowest BCUT2D eigenvalue weighted by Gasteiger charge is -2.42. The zero-order valence-electron chi connectivity index (χ0n) is 11.8. The van der Waals surface area contributed by atoms with Crippen LogP contribution in [0.3, 0.4) is 0 Å². The quantitative estimate of drug-likeness (QED) is 0.891. The summed E-state index contributed by atoms with van der Waals surface area (Å²) in [6.45, 7) is 8.89. The van der Waals surface area contributed by atoms with Crippen molar-refractivity contribution in [3.05, 3.63) is 18.2 Å². The van der Waals surface area contributed by atoms with Gasteiger partial charge < -0.3 is 10.3 Å². The van der Waals surface area contributed by atoms with Crippen LogP contribution < -0.4 is 5.73 Å². The second kappa shape index (κ2) is 5.85. The van der Waals surface area contributed by atoms with Gasteiger partial charge in [0.25, 0.3) is 0 Å². The third kappa shape index (κ3) is 2.59. The van der Waals surface area contributed by atoms with Crippen molar-refractivity contribution < 1.29 is 0 Å². The summed E-state index contributed by atoms with van der Waals surface area (Å²) in [6.07, 6.45) is 7.40. The molecule has 0 aromatic carbocycles. The molecule has 0 amide bonds. The third-order valence-electron chi connectivity index (χ3n) is 3.89. The molecule has 4 heteroatoms. The maximum Gasteiger partial charge on any atom is 0.0948 e. The summed E-state index contributed by atoms with van der Waals surface area (Å²) in [4.78, 5) is 6.85. The highest BCUT2D eigenvalue weighted by Gasteiger charge is 2.33. The van der Waals surface area contributed by atoms with E-state index >= 15 is 0 Å². The molecule has 2 N–H and O–H groups in total. The number of nitrogens with two attached hydrogens (primary N) is 1. The van der Waals surface area contributed by atoms with Gasteiger partial charge in [0.1, 0.15) is 0 Å². The van der Waals surface area contributed by atoms with Crippen molar-refractivity contribution in [3.63, 3.8) is 0 Å². The van der Waals surface area contributed by atoms with E-state index in [4.69, 9.17) is 5.73 Å². The average molecular weight is 250 g/mol. The molecular weight excluding hydrogens is 224 g/mol. The molecule has 18 heavy (non-hydrogen) atoms. The fourth-order valence-electron chi connectivity index (χ4n) is 3.03. The number of hydrogen-bond donors (Lipinski definition) is 1. The molecule has 1 fully saturated rings. The van der Waals surface area contributed by atoms with Gasteiger partial charge in [-0.3, -0.25) is 4.90 Å². The first-order chi connectivity index (χ1) is 8.65. The van der Waals surface area contributed by atoms with Crippen LogP contribution in [-0.2, 0) is 6.54 Å². The van der Waals surface area contributed by atoms with Crippen molar-refractivity contribution in [1.29, 1.82) is 0 Å². The van der Waals surface area contributed by atoms with Crippen molar-refractivity contribution in [1.82, 2.24) is 14.5 Å². The lowest BCUT2D eigenvalue weighted by molar-refractivity contribution is 0.0893. The van der Waals surface area contributed by atoms with Crippen LogP contribution in [0.2, 0.25) is 0 Å². The average Bonchev–Trinajstić information content (AvgIpc) is 2.77. The summed E-state index contributed by atoms with van der Waals surface area (Å²) >= 11 is 0. The molecule has 4 nitrogen and oxygen atoms in total. The van der Waals surface area contributed by atoms with Crippen LogP contribution in [0.15, 0.2) is 12.5 Å². The van der Waals surface area contributed by atoms with Crippen LogP contribution in [0, 0.1) is 0 Å². The Labute approximate surface area is 110 Å². The van der Waals surface area contributed by atoms with Gasteiger partial charge in [-0.2, -0.15) is 0 Å². The van der Waals surface area contributed by atoms with E-state index in [1.807, 2.05) is 12.5 Å². The van der Waals surface area contributed by atoms with Crippen LogP contribution in [-0.4, -0.2) is 33.1 Å². The lowest BCUT2D eigenvalue weighted by Crippen LogP contribution is -2.49. The Hall–Kier alpha value is -0.870. The normalized spacial score (nSPS) is 25.8. The Morgan fingerprint density at radius 1 is 1.50 bits per heavy atom. The predicted octanol–water partition coefficient (Wildman–Crippen LogP) is 2.17. The first kappa shape index (κ1) is 13.6. The van der Waals surface area contributed by atoms with Gasteiger partial charge in [-0.15, -0.1) is 0 Å². The first-order valence-corrected chi connectivity index (χ1v) is 7.16. The van der Waals surface area contributed by atoms with E-state index < -0.39 is 0 Å². The van der Waals surface area contributed by atoms with E-state index in [2.05, 4.69) is 35.2 Å². The zero-order valence-corrected chi connectivity index (χ0v) is 11.8. The second-order valence-electron chi connectivity index (χ2n) is 5.59. The van der Waals surface area contributed by atoms with Crippen molar-refractivity contribution in [2.24, 2.45) is 5.73 Å². The third-order valence-corrected chi connectivity index (χ3v) is 3.89. The number of piperidine rings is 1. The second-order valence-corrected chi connectivity index (χ2v) is 5.59. The summed E-state index contributed by atoms with van der Waals surface area (Å²) < 4.78 is 2.27. The molecule has 2 atom stereocenters. The highest BCUT2D eigenvalue weighted by molar-refractivity contribution is 5.11. The summed E-state index contributed by atoms with van der Waals surface area (Å²) in [7, 11) is 0. The van der Waals surface area contributed by atoms with Crippen LogP contribution >= 0.6 is 0 Å². The molecule has 102 valence electrons. The Kier molecular flexibility index (Phi) is 4.40. The summed E-state index contributed by atoms with van der Waals surface area (Å²) in [5, 5.41) is 0. The number of aryl methyl sites for hydroxylation is 1. The molecule has 2 heterocycles. The Balaban J connectivity index is 2.28. The molecule has 1 aliphatic heterocycles. The summed E-state index contributed by atoms with van der Waals surface area (Å²) in [5.74, 6) is 0. The van der Waals surface area contributed by atoms with Crippen molar-refractivity contribution >= 4 is 0 Å². The predicted molar refractivity (Wildman–Crippen MR) is 74.3 cm³/mol. The van der Waals surface area contributed by atoms with Crippen molar-refractivity contribution in [2.45, 2.75) is 64.7 Å². The van der Waals surface area contributed by atoms with E-state index in [0.717, 1.165) is 25.9 Å². The van der Waals surface area contributed by atoms with Crippen LogP contribution in [0.25, 0.3) is 0 Å². The molecule has 0 aliphatic carbocycles. The van der Waals surface area contributed by atoms with E-state index in [-0.39, 0.29) is 6.04 Å². The topological polar surface area (TPSA) is 47.1 Å². The standard InChI is InChI=1S/C14H26N4/c1-4-7-17-10-16-9-13(17)14-12(15)6-5-8-18(14)11(2)3/h9-12,14H,4-8,15H2,1-3H3. The van der Waals surface area contributed by atoms with Gasteiger partial charge >= 0.3 is 0 Å². The minimum Gasteiger partial charge on any atom is -0.333 e. The van der Waals surface area contributed by atoms with Crippen LogP contribution in [0.1, 0.15) is 51.8 Å². The Morgan fingerprint density at radius 3 is 2.94 bits per heavy atom. The maximum absolute atomic E-state index is 6.38. The molecule has 0 bridgehead atoms. The number of hydrogen-bond acceptors (Lipinski definition) is 3. The van der Waals surface area contributed by atoms with Crippen LogP contribution in [0.4, 0.5) is 0 Å². The Morgan fingerprint density at radius 2 is 2.28 bits per heavy atom. The van der Waals surface area contributed by atoms with Gasteiger partial charge in [-0.1, -0.05) is 6.92 Å². The number of imidazole rings is 1. The van der Waals surface area contributed by atoms with Gasteiger partial charge in [0.15, 0.2) is 0 Å². The molecule has 0 saturated carbocycles. The van der Waals surface area contributed by atoms with Gasteiger partial charge in [-0.25, -0.2) is 4.98 Å². The zero-order chi connectivity index (χ0) is 13.1. The smallest absolute Gasteiger partial charge is 0.0948 e. The largest absolute Gasteiger partial charge is 0.333 e. The maximum atomic E-state index is 6.38. The molecule has 0 radical (unpaired) electrons.